The van der Waals surface area contributed by atoms with Crippen molar-refractivity contribution in [3.63, 3.8) is 0 Å². The molecule has 0 spiro atoms. The highest BCUT2D eigenvalue weighted by Crippen LogP contribution is 2.13. The van der Waals surface area contributed by atoms with Crippen molar-refractivity contribution in [2.45, 2.75) is 26.5 Å². The SMILES string of the molecule is CN=C(NCCSC)NCc1ccc(OC(C)C)cc1. The molecule has 0 aliphatic heterocycles. The third-order valence-corrected chi connectivity index (χ3v) is 3.19. The van der Waals surface area contributed by atoms with Gasteiger partial charge >= 0.3 is 0 Å². The second kappa shape index (κ2) is 9.53. The Morgan fingerprint density at radius 2 is 1.95 bits per heavy atom. The van der Waals surface area contributed by atoms with Gasteiger partial charge in [0.15, 0.2) is 5.96 Å². The first-order valence-corrected chi connectivity index (χ1v) is 8.24. The summed E-state index contributed by atoms with van der Waals surface area (Å²) < 4.78 is 5.62. The van der Waals surface area contributed by atoms with E-state index in [-0.39, 0.29) is 6.10 Å². The van der Waals surface area contributed by atoms with Crippen LogP contribution in [0.1, 0.15) is 19.4 Å². The van der Waals surface area contributed by atoms with Crippen molar-refractivity contribution in [2.75, 3.05) is 25.6 Å². The fourth-order valence-corrected chi connectivity index (χ4v) is 1.94. The predicted octanol–water partition coefficient (Wildman–Crippen LogP) is 2.50. The minimum Gasteiger partial charge on any atom is -0.491 e. The van der Waals surface area contributed by atoms with Crippen molar-refractivity contribution in [3.8, 4) is 5.75 Å². The highest BCUT2D eigenvalue weighted by Gasteiger charge is 2.00. The normalized spacial score (nSPS) is 11.6. The van der Waals surface area contributed by atoms with Crippen molar-refractivity contribution in [2.24, 2.45) is 4.99 Å². The van der Waals surface area contributed by atoms with Crippen molar-refractivity contribution >= 4 is 17.7 Å². The number of nitrogens with zero attached hydrogens (tertiary/aromatic N) is 1. The summed E-state index contributed by atoms with van der Waals surface area (Å²) in [5.41, 5.74) is 1.20. The molecule has 0 saturated heterocycles. The van der Waals surface area contributed by atoms with Crippen molar-refractivity contribution in [1.29, 1.82) is 0 Å². The number of guanidine groups is 1. The van der Waals surface area contributed by atoms with E-state index in [4.69, 9.17) is 4.74 Å². The number of ether oxygens (including phenoxy) is 1. The van der Waals surface area contributed by atoms with Crippen LogP contribution in [0, 0.1) is 0 Å². The van der Waals surface area contributed by atoms with Crippen molar-refractivity contribution < 1.29 is 4.74 Å². The van der Waals surface area contributed by atoms with E-state index in [1.165, 1.54) is 5.56 Å². The number of rotatable bonds is 7. The van der Waals surface area contributed by atoms with Crippen LogP contribution in [0.15, 0.2) is 29.3 Å². The van der Waals surface area contributed by atoms with E-state index in [9.17, 15) is 0 Å². The molecule has 0 aromatic heterocycles. The number of nitrogens with one attached hydrogen (secondary N) is 2. The minimum absolute atomic E-state index is 0.207. The van der Waals surface area contributed by atoms with Gasteiger partial charge in [-0.15, -0.1) is 0 Å². The minimum atomic E-state index is 0.207. The van der Waals surface area contributed by atoms with Gasteiger partial charge < -0.3 is 15.4 Å². The van der Waals surface area contributed by atoms with Crippen molar-refractivity contribution in [1.82, 2.24) is 10.6 Å². The number of thioether (sulfide) groups is 1. The summed E-state index contributed by atoms with van der Waals surface area (Å²) in [6.07, 6.45) is 2.30. The van der Waals surface area contributed by atoms with Gasteiger partial charge in [0.25, 0.3) is 0 Å². The Morgan fingerprint density at radius 1 is 1.25 bits per heavy atom. The van der Waals surface area contributed by atoms with Crippen LogP contribution in [0.5, 0.6) is 5.75 Å². The molecule has 4 nitrogen and oxygen atoms in total. The summed E-state index contributed by atoms with van der Waals surface area (Å²) in [4.78, 5) is 4.19. The van der Waals surface area contributed by atoms with E-state index in [0.717, 1.165) is 30.6 Å². The molecular weight excluding hydrogens is 270 g/mol. The van der Waals surface area contributed by atoms with Gasteiger partial charge in [-0.3, -0.25) is 4.99 Å². The third-order valence-electron chi connectivity index (χ3n) is 2.58. The summed E-state index contributed by atoms with van der Waals surface area (Å²) in [5.74, 6) is 2.81. The van der Waals surface area contributed by atoms with Gasteiger partial charge in [-0.1, -0.05) is 12.1 Å². The average Bonchev–Trinajstić information content (AvgIpc) is 2.43. The highest BCUT2D eigenvalue weighted by molar-refractivity contribution is 7.98. The average molecular weight is 295 g/mol. The zero-order valence-corrected chi connectivity index (χ0v) is 13.6. The Bertz CT molecular complexity index is 404. The molecule has 0 heterocycles. The first-order valence-electron chi connectivity index (χ1n) is 6.84. The fraction of sp³-hybridized carbons (Fsp3) is 0.533. The summed E-state index contributed by atoms with van der Waals surface area (Å²) in [5, 5.41) is 6.57. The molecule has 0 amide bonds. The van der Waals surface area contributed by atoms with Crippen LogP contribution in [-0.4, -0.2) is 37.7 Å². The van der Waals surface area contributed by atoms with E-state index in [0.29, 0.717) is 0 Å². The Morgan fingerprint density at radius 3 is 2.50 bits per heavy atom. The van der Waals surface area contributed by atoms with Gasteiger partial charge in [0, 0.05) is 25.9 Å². The zero-order chi connectivity index (χ0) is 14.8. The van der Waals surface area contributed by atoms with Gasteiger partial charge in [-0.05, 0) is 37.8 Å². The molecule has 0 fully saturated rings. The number of hydrogen-bond donors (Lipinski definition) is 2. The fourth-order valence-electron chi connectivity index (χ4n) is 1.64. The molecule has 0 bridgehead atoms. The van der Waals surface area contributed by atoms with Gasteiger partial charge in [0.2, 0.25) is 0 Å². The molecule has 0 aliphatic rings. The van der Waals surface area contributed by atoms with Crippen LogP contribution < -0.4 is 15.4 Å². The van der Waals surface area contributed by atoms with Crippen molar-refractivity contribution in [3.05, 3.63) is 29.8 Å². The maximum absolute atomic E-state index is 5.62. The number of hydrogen-bond acceptors (Lipinski definition) is 3. The molecule has 0 aliphatic carbocycles. The molecule has 1 aromatic carbocycles. The number of aliphatic imine (C=N–C) groups is 1. The lowest BCUT2D eigenvalue weighted by Gasteiger charge is -2.12. The lowest BCUT2D eigenvalue weighted by Crippen LogP contribution is -2.37. The second-order valence-corrected chi connectivity index (χ2v) is 5.64. The molecule has 20 heavy (non-hydrogen) atoms. The van der Waals surface area contributed by atoms with Gasteiger partial charge in [0.05, 0.1) is 6.10 Å². The molecule has 1 aromatic rings. The first kappa shape index (κ1) is 16.7. The van der Waals surface area contributed by atoms with Gasteiger partial charge in [-0.25, -0.2) is 0 Å². The number of benzene rings is 1. The smallest absolute Gasteiger partial charge is 0.191 e. The van der Waals surface area contributed by atoms with Crippen LogP contribution in [0.3, 0.4) is 0 Å². The van der Waals surface area contributed by atoms with E-state index >= 15 is 0 Å². The van der Waals surface area contributed by atoms with Crippen LogP contribution in [-0.2, 0) is 6.54 Å². The summed E-state index contributed by atoms with van der Waals surface area (Å²) >= 11 is 1.82. The van der Waals surface area contributed by atoms with E-state index < -0.39 is 0 Å². The zero-order valence-electron chi connectivity index (χ0n) is 12.8. The topological polar surface area (TPSA) is 45.7 Å². The lowest BCUT2D eigenvalue weighted by atomic mass is 10.2. The standard InChI is InChI=1S/C15H25N3OS/c1-12(2)19-14-7-5-13(6-8-14)11-18-15(16-3)17-9-10-20-4/h5-8,12H,9-11H2,1-4H3,(H2,16,17,18). The molecule has 0 unspecified atom stereocenters. The van der Waals surface area contributed by atoms with Crippen LogP contribution in [0.2, 0.25) is 0 Å². The maximum atomic E-state index is 5.62. The molecule has 0 saturated carbocycles. The Labute approximate surface area is 126 Å². The largest absolute Gasteiger partial charge is 0.491 e. The predicted molar refractivity (Wildman–Crippen MR) is 88.8 cm³/mol. The maximum Gasteiger partial charge on any atom is 0.191 e. The molecule has 2 N–H and O–H groups in total. The summed E-state index contributed by atoms with van der Waals surface area (Å²) in [7, 11) is 1.79. The Kier molecular flexibility index (Phi) is 7.95. The molecule has 1 rings (SSSR count). The van der Waals surface area contributed by atoms with E-state index in [2.05, 4.69) is 34.0 Å². The third kappa shape index (κ3) is 6.70. The lowest BCUT2D eigenvalue weighted by molar-refractivity contribution is 0.242. The monoisotopic (exact) mass is 295 g/mol. The highest BCUT2D eigenvalue weighted by atomic mass is 32.2. The second-order valence-electron chi connectivity index (χ2n) is 4.66. The van der Waals surface area contributed by atoms with Crippen LogP contribution in [0.4, 0.5) is 0 Å². The molecule has 0 atom stereocenters. The summed E-state index contributed by atoms with van der Waals surface area (Å²) in [6, 6.07) is 8.14. The van der Waals surface area contributed by atoms with E-state index in [1.807, 2.05) is 37.7 Å². The van der Waals surface area contributed by atoms with Crippen LogP contribution in [0.25, 0.3) is 0 Å². The first-order chi connectivity index (χ1) is 9.65. The molecule has 5 heteroatoms. The molecular formula is C15H25N3OS. The summed E-state index contributed by atoms with van der Waals surface area (Å²) in [6.45, 7) is 5.72. The van der Waals surface area contributed by atoms with Crippen LogP contribution >= 0.6 is 11.8 Å². The molecule has 0 radical (unpaired) electrons. The Hall–Kier alpha value is -1.36. The van der Waals surface area contributed by atoms with Gasteiger partial charge in [0.1, 0.15) is 5.75 Å². The van der Waals surface area contributed by atoms with Gasteiger partial charge in [-0.2, -0.15) is 11.8 Å². The van der Waals surface area contributed by atoms with E-state index in [1.54, 1.807) is 7.05 Å². The molecule has 112 valence electrons. The Balaban J connectivity index is 2.40. The quantitative estimate of drug-likeness (QED) is 0.461.